The van der Waals surface area contributed by atoms with Gasteiger partial charge >= 0.3 is 23.1 Å². The third-order valence-electron chi connectivity index (χ3n) is 0.0745. The second-order valence-corrected chi connectivity index (χ2v) is 0.349. The molecule has 5 heavy (non-hydrogen) atoms. The lowest BCUT2D eigenvalue weighted by Crippen LogP contribution is -1.75. The van der Waals surface area contributed by atoms with E-state index in [0.717, 1.165) is 0 Å². The average Bonchev–Trinajstić information content (AvgIpc) is 1.37. The van der Waals surface area contributed by atoms with Gasteiger partial charge in [0.05, 0.1) is 6.61 Å². The van der Waals surface area contributed by atoms with Crippen molar-refractivity contribution in [3.05, 3.63) is 0 Å². The Hall–Kier alpha value is 0.396. The lowest BCUT2D eigenvalue weighted by Gasteiger charge is -1.54. The molecule has 0 unspecified atom stereocenters. The molecule has 0 saturated carbocycles. The minimum Gasteiger partial charge on any atom is -0.389 e. The summed E-state index contributed by atoms with van der Waals surface area (Å²) in [6, 6.07) is 0. The van der Waals surface area contributed by atoms with E-state index in [1.54, 1.807) is 0 Å². The SMILES string of the molecule is O=CCO.[MgH2]. The molecule has 0 aliphatic carbocycles. The zero-order valence-corrected chi connectivity index (χ0v) is 2.14. The van der Waals surface area contributed by atoms with Crippen LogP contribution in [0.4, 0.5) is 0 Å². The Kier molecular flexibility index (Phi) is 16.0. The lowest BCUT2D eigenvalue weighted by molar-refractivity contribution is -0.110. The molecule has 0 aromatic rings. The Morgan fingerprint density at radius 3 is 2.00 bits per heavy atom. The highest BCUT2D eigenvalue weighted by Crippen LogP contribution is 1.27. The van der Waals surface area contributed by atoms with E-state index >= 15 is 0 Å². The van der Waals surface area contributed by atoms with Crippen molar-refractivity contribution in [1.29, 1.82) is 0 Å². The Morgan fingerprint density at radius 2 is 2.00 bits per heavy atom. The lowest BCUT2D eigenvalue weighted by atomic mass is 10.9. The predicted molar refractivity (Wildman–Crippen MR) is 21.7 cm³/mol. The Morgan fingerprint density at radius 1 is 1.80 bits per heavy atom. The van der Waals surface area contributed by atoms with Crippen LogP contribution in [0.3, 0.4) is 0 Å². The van der Waals surface area contributed by atoms with Gasteiger partial charge in [-0.1, -0.05) is 0 Å². The fourth-order valence-electron chi connectivity index (χ4n) is 0. The van der Waals surface area contributed by atoms with Gasteiger partial charge in [0.1, 0.15) is 6.29 Å². The van der Waals surface area contributed by atoms with Gasteiger partial charge in [-0.2, -0.15) is 0 Å². The van der Waals surface area contributed by atoms with E-state index in [2.05, 4.69) is 0 Å². The van der Waals surface area contributed by atoms with Gasteiger partial charge in [0.2, 0.25) is 0 Å². The van der Waals surface area contributed by atoms with E-state index in [1.165, 1.54) is 0 Å². The van der Waals surface area contributed by atoms with Crippen molar-refractivity contribution in [2.24, 2.45) is 0 Å². The van der Waals surface area contributed by atoms with Crippen molar-refractivity contribution in [3.8, 4) is 0 Å². The number of aliphatic hydroxyl groups excluding tert-OH is 1. The second kappa shape index (κ2) is 8.83. The largest absolute Gasteiger partial charge is 0.389 e. The van der Waals surface area contributed by atoms with E-state index in [9.17, 15) is 0 Å². The third-order valence-corrected chi connectivity index (χ3v) is 0.0745. The zero-order chi connectivity index (χ0) is 3.41. The van der Waals surface area contributed by atoms with Crippen LogP contribution in [0.25, 0.3) is 0 Å². The summed E-state index contributed by atoms with van der Waals surface area (Å²) in [5, 5.41) is 7.51. The molecule has 0 rings (SSSR count). The number of aliphatic hydroxyl groups is 1. The molecular formula is C2H6MgO2. The number of carbonyl (C=O) groups is 1. The van der Waals surface area contributed by atoms with E-state index in [-0.39, 0.29) is 29.7 Å². The summed E-state index contributed by atoms with van der Waals surface area (Å²) in [5.74, 6) is 0. The molecule has 0 saturated heterocycles. The van der Waals surface area contributed by atoms with Gasteiger partial charge in [-0.15, -0.1) is 0 Å². The molecule has 0 atom stereocenters. The first kappa shape index (κ1) is 9.04. The maximum atomic E-state index is 8.92. The van der Waals surface area contributed by atoms with Crippen LogP contribution in [0.1, 0.15) is 0 Å². The summed E-state index contributed by atoms with van der Waals surface area (Å²) < 4.78 is 0. The van der Waals surface area contributed by atoms with Crippen LogP contribution < -0.4 is 0 Å². The summed E-state index contributed by atoms with van der Waals surface area (Å²) in [6.45, 7) is -0.361. The molecule has 28 valence electrons. The molecule has 0 amide bonds. The summed E-state index contributed by atoms with van der Waals surface area (Å²) in [7, 11) is 0. The number of carbonyl (C=O) groups excluding carboxylic acids is 1. The van der Waals surface area contributed by atoms with E-state index in [0.29, 0.717) is 6.29 Å². The minimum absolute atomic E-state index is 0. The van der Waals surface area contributed by atoms with Crippen LogP contribution in [0.5, 0.6) is 0 Å². The van der Waals surface area contributed by atoms with Gasteiger partial charge in [0, 0.05) is 0 Å². The summed E-state index contributed by atoms with van der Waals surface area (Å²) in [4.78, 5) is 8.92. The van der Waals surface area contributed by atoms with Crippen molar-refractivity contribution in [1.82, 2.24) is 0 Å². The topological polar surface area (TPSA) is 37.3 Å². The first-order valence-electron chi connectivity index (χ1n) is 0.960. The number of rotatable bonds is 1. The molecule has 0 radical (unpaired) electrons. The minimum atomic E-state index is -0.361. The van der Waals surface area contributed by atoms with E-state index in [4.69, 9.17) is 9.90 Å². The van der Waals surface area contributed by atoms with Crippen LogP contribution in [-0.4, -0.2) is 41.1 Å². The Labute approximate surface area is 46.3 Å². The maximum absolute atomic E-state index is 8.92. The van der Waals surface area contributed by atoms with Crippen molar-refractivity contribution in [2.75, 3.05) is 6.61 Å². The quantitative estimate of drug-likeness (QED) is 0.304. The maximum Gasteiger partial charge on any atom is 0.316 e. The Bertz CT molecular complexity index is 21.6. The monoisotopic (exact) mass is 86.0 g/mol. The van der Waals surface area contributed by atoms with Crippen molar-refractivity contribution >= 4 is 29.3 Å². The van der Waals surface area contributed by atoms with Gasteiger partial charge in [-0.05, 0) is 0 Å². The molecule has 0 fully saturated rings. The Balaban J connectivity index is 0. The second-order valence-electron chi connectivity index (χ2n) is 0.349. The van der Waals surface area contributed by atoms with Crippen LogP contribution in [0, 0.1) is 0 Å². The molecule has 0 aliphatic rings. The number of hydrogen-bond acceptors (Lipinski definition) is 2. The first-order chi connectivity index (χ1) is 1.91. The van der Waals surface area contributed by atoms with Gasteiger partial charge in [-0.25, -0.2) is 0 Å². The predicted octanol–water partition coefficient (Wildman–Crippen LogP) is -1.74. The number of aldehydes is 1. The normalized spacial score (nSPS) is 5.00. The van der Waals surface area contributed by atoms with Crippen molar-refractivity contribution < 1.29 is 9.90 Å². The van der Waals surface area contributed by atoms with Crippen LogP contribution in [-0.2, 0) is 4.79 Å². The molecule has 0 heterocycles. The molecule has 3 heteroatoms. The van der Waals surface area contributed by atoms with Crippen molar-refractivity contribution in [2.45, 2.75) is 0 Å². The third kappa shape index (κ3) is 12.9. The standard InChI is InChI=1S/C2H4O2.Mg.2H/c3-1-2-4;;;/h1,4H,2H2;;;. The molecule has 0 spiro atoms. The van der Waals surface area contributed by atoms with Gasteiger partial charge in [0.15, 0.2) is 0 Å². The summed E-state index contributed by atoms with van der Waals surface area (Å²) in [5.41, 5.74) is 0. The van der Waals surface area contributed by atoms with Crippen LogP contribution in [0.15, 0.2) is 0 Å². The molecule has 0 aromatic carbocycles. The van der Waals surface area contributed by atoms with Crippen LogP contribution in [0.2, 0.25) is 0 Å². The molecule has 0 aromatic heterocycles. The molecule has 1 N–H and O–H groups in total. The van der Waals surface area contributed by atoms with Crippen LogP contribution >= 0.6 is 0 Å². The molecule has 0 bridgehead atoms. The fraction of sp³-hybridized carbons (Fsp3) is 0.500. The molecule has 2 nitrogen and oxygen atoms in total. The van der Waals surface area contributed by atoms with E-state index in [1.807, 2.05) is 0 Å². The van der Waals surface area contributed by atoms with Gasteiger partial charge < -0.3 is 9.90 Å². The summed E-state index contributed by atoms with van der Waals surface area (Å²) in [6.07, 6.45) is 0.431. The molecular weight excluding hydrogens is 80.3 g/mol. The van der Waals surface area contributed by atoms with E-state index < -0.39 is 0 Å². The molecule has 0 aliphatic heterocycles. The highest BCUT2D eigenvalue weighted by molar-refractivity contribution is 5.75. The number of hydrogen-bond donors (Lipinski definition) is 1. The summed E-state index contributed by atoms with van der Waals surface area (Å²) >= 11 is 0. The van der Waals surface area contributed by atoms with Gasteiger partial charge in [-0.3, -0.25) is 0 Å². The highest BCUT2D eigenvalue weighted by atomic mass is 24.3. The van der Waals surface area contributed by atoms with Crippen molar-refractivity contribution in [3.63, 3.8) is 0 Å². The highest BCUT2D eigenvalue weighted by Gasteiger charge is 1.53. The first-order valence-corrected chi connectivity index (χ1v) is 0.960. The zero-order valence-electron chi connectivity index (χ0n) is 2.14. The smallest absolute Gasteiger partial charge is 0.316 e. The average molecular weight is 86.4 g/mol. The fourth-order valence-corrected chi connectivity index (χ4v) is 0. The van der Waals surface area contributed by atoms with Gasteiger partial charge in [0.25, 0.3) is 0 Å².